The fraction of sp³-hybridized carbons (Fsp3) is 0.421. The molecule has 0 saturated carbocycles. The van der Waals surface area contributed by atoms with Gasteiger partial charge in [-0.15, -0.1) is 0 Å². The summed E-state index contributed by atoms with van der Waals surface area (Å²) >= 11 is 0. The third-order valence-electron chi connectivity index (χ3n) is 4.54. The van der Waals surface area contributed by atoms with Crippen molar-refractivity contribution in [2.75, 3.05) is 51.2 Å². The summed E-state index contributed by atoms with van der Waals surface area (Å²) in [6, 6.07) is 10.2. The van der Waals surface area contributed by atoms with Gasteiger partial charge in [0.2, 0.25) is 0 Å². The van der Waals surface area contributed by atoms with Crippen LogP contribution in [0.5, 0.6) is 0 Å². The van der Waals surface area contributed by atoms with E-state index in [2.05, 4.69) is 31.2 Å². The standard InChI is InChI=1S/C19H24N6/c1-21-10-11-24-12-14-25(15-13-24)19-18(22-8-9-23-19)17-4-2-16(3-5-17)6-7-20/h2-5,8-9,21H,6,10-15H2,1H3. The molecule has 1 aromatic heterocycles. The number of hydrogen-bond acceptors (Lipinski definition) is 6. The number of rotatable bonds is 6. The Hall–Kier alpha value is -2.49. The molecule has 0 amide bonds. The predicted molar refractivity (Wildman–Crippen MR) is 99.4 cm³/mol. The summed E-state index contributed by atoms with van der Waals surface area (Å²) in [5.74, 6) is 0.948. The maximum absolute atomic E-state index is 8.81. The second-order valence-corrected chi connectivity index (χ2v) is 6.19. The van der Waals surface area contributed by atoms with Crippen molar-refractivity contribution in [3.63, 3.8) is 0 Å². The largest absolute Gasteiger partial charge is 0.352 e. The van der Waals surface area contributed by atoms with Crippen molar-refractivity contribution >= 4 is 5.82 Å². The van der Waals surface area contributed by atoms with Crippen molar-refractivity contribution in [2.24, 2.45) is 0 Å². The van der Waals surface area contributed by atoms with Crippen LogP contribution in [0.4, 0.5) is 5.82 Å². The topological polar surface area (TPSA) is 68.1 Å². The minimum Gasteiger partial charge on any atom is -0.352 e. The third kappa shape index (κ3) is 4.32. The highest BCUT2D eigenvalue weighted by molar-refractivity contribution is 5.72. The van der Waals surface area contributed by atoms with Gasteiger partial charge in [-0.05, 0) is 12.6 Å². The molecule has 0 radical (unpaired) electrons. The van der Waals surface area contributed by atoms with E-state index in [0.29, 0.717) is 6.42 Å². The first-order valence-electron chi connectivity index (χ1n) is 8.71. The van der Waals surface area contributed by atoms with E-state index in [1.165, 1.54) is 0 Å². The number of nitrogens with zero attached hydrogens (tertiary/aromatic N) is 5. The SMILES string of the molecule is CNCCN1CCN(c2nccnc2-c2ccc(CC#N)cc2)CC1. The first-order chi connectivity index (χ1) is 12.3. The van der Waals surface area contributed by atoms with Crippen molar-refractivity contribution in [1.82, 2.24) is 20.2 Å². The zero-order valence-corrected chi connectivity index (χ0v) is 14.6. The Morgan fingerprint density at radius 2 is 1.80 bits per heavy atom. The van der Waals surface area contributed by atoms with E-state index < -0.39 is 0 Å². The average Bonchev–Trinajstić information content (AvgIpc) is 2.68. The predicted octanol–water partition coefficient (Wildman–Crippen LogP) is 1.55. The van der Waals surface area contributed by atoms with Gasteiger partial charge in [-0.3, -0.25) is 9.88 Å². The van der Waals surface area contributed by atoms with Crippen molar-refractivity contribution < 1.29 is 0 Å². The first kappa shape index (κ1) is 17.3. The van der Waals surface area contributed by atoms with Crippen LogP contribution in [0.3, 0.4) is 0 Å². The monoisotopic (exact) mass is 336 g/mol. The van der Waals surface area contributed by atoms with Crippen LogP contribution in [-0.4, -0.2) is 61.2 Å². The molecule has 6 heteroatoms. The highest BCUT2D eigenvalue weighted by atomic mass is 15.3. The Bertz CT molecular complexity index is 713. The van der Waals surface area contributed by atoms with Crippen LogP contribution in [-0.2, 0) is 6.42 Å². The highest BCUT2D eigenvalue weighted by Gasteiger charge is 2.21. The van der Waals surface area contributed by atoms with Crippen LogP contribution >= 0.6 is 0 Å². The van der Waals surface area contributed by atoms with Crippen LogP contribution in [0.25, 0.3) is 11.3 Å². The van der Waals surface area contributed by atoms with Gasteiger partial charge in [0, 0.05) is 57.2 Å². The number of nitriles is 1. The van der Waals surface area contributed by atoms with Gasteiger partial charge < -0.3 is 10.2 Å². The number of aromatic nitrogens is 2. The molecule has 1 N–H and O–H groups in total. The lowest BCUT2D eigenvalue weighted by molar-refractivity contribution is 0.259. The average molecular weight is 336 g/mol. The Labute approximate surface area is 149 Å². The lowest BCUT2D eigenvalue weighted by Crippen LogP contribution is -2.48. The summed E-state index contributed by atoms with van der Waals surface area (Å²) in [7, 11) is 1.99. The summed E-state index contributed by atoms with van der Waals surface area (Å²) in [6.45, 7) is 6.10. The molecule has 0 bridgehead atoms. The molecule has 3 rings (SSSR count). The number of piperazine rings is 1. The Morgan fingerprint density at radius 3 is 2.48 bits per heavy atom. The third-order valence-corrected chi connectivity index (χ3v) is 4.54. The number of benzene rings is 1. The van der Waals surface area contributed by atoms with Crippen LogP contribution in [0, 0.1) is 11.3 Å². The van der Waals surface area contributed by atoms with Gasteiger partial charge in [-0.25, -0.2) is 4.98 Å². The number of nitrogens with one attached hydrogen (secondary N) is 1. The molecule has 130 valence electrons. The second kappa shape index (κ2) is 8.56. The second-order valence-electron chi connectivity index (χ2n) is 6.19. The lowest BCUT2D eigenvalue weighted by atomic mass is 10.1. The van der Waals surface area contributed by atoms with Gasteiger partial charge in [0.25, 0.3) is 0 Å². The van der Waals surface area contributed by atoms with Crippen LogP contribution in [0.2, 0.25) is 0 Å². The fourth-order valence-corrected chi connectivity index (χ4v) is 3.09. The molecule has 0 spiro atoms. The van der Waals surface area contributed by atoms with E-state index in [-0.39, 0.29) is 0 Å². The summed E-state index contributed by atoms with van der Waals surface area (Å²) in [4.78, 5) is 14.0. The van der Waals surface area contributed by atoms with E-state index in [1.54, 1.807) is 12.4 Å². The maximum atomic E-state index is 8.81. The van der Waals surface area contributed by atoms with Gasteiger partial charge in [-0.2, -0.15) is 5.26 Å². The van der Waals surface area contributed by atoms with E-state index in [0.717, 1.165) is 61.9 Å². The molecule has 0 unspecified atom stereocenters. The molecule has 2 aromatic rings. The maximum Gasteiger partial charge on any atom is 0.155 e. The van der Waals surface area contributed by atoms with E-state index >= 15 is 0 Å². The molecule has 0 aliphatic carbocycles. The van der Waals surface area contributed by atoms with Gasteiger partial charge in [0.05, 0.1) is 12.5 Å². The summed E-state index contributed by atoms with van der Waals surface area (Å²) in [5.41, 5.74) is 2.98. The molecule has 25 heavy (non-hydrogen) atoms. The highest BCUT2D eigenvalue weighted by Crippen LogP contribution is 2.27. The van der Waals surface area contributed by atoms with Crippen LogP contribution in [0.1, 0.15) is 5.56 Å². The van der Waals surface area contributed by atoms with Crippen molar-refractivity contribution in [2.45, 2.75) is 6.42 Å². The van der Waals surface area contributed by atoms with E-state index in [9.17, 15) is 0 Å². The van der Waals surface area contributed by atoms with Crippen molar-refractivity contribution in [3.05, 3.63) is 42.2 Å². The molecule has 2 heterocycles. The van der Waals surface area contributed by atoms with E-state index in [4.69, 9.17) is 5.26 Å². The van der Waals surface area contributed by atoms with Gasteiger partial charge in [0.1, 0.15) is 5.69 Å². The number of hydrogen-bond donors (Lipinski definition) is 1. The Balaban J connectivity index is 1.74. The minimum atomic E-state index is 0.433. The molecule has 1 aliphatic rings. The summed E-state index contributed by atoms with van der Waals surface area (Å²) in [5, 5.41) is 12.0. The van der Waals surface area contributed by atoms with Crippen molar-refractivity contribution in [3.8, 4) is 17.3 Å². The Morgan fingerprint density at radius 1 is 1.08 bits per heavy atom. The number of likely N-dealkylation sites (N-methyl/N-ethyl adjacent to an activating group) is 1. The van der Waals surface area contributed by atoms with E-state index in [1.807, 2.05) is 31.3 Å². The Kier molecular flexibility index (Phi) is 5.94. The molecular formula is C19H24N6. The number of anilines is 1. The smallest absolute Gasteiger partial charge is 0.155 e. The van der Waals surface area contributed by atoms with Crippen molar-refractivity contribution in [1.29, 1.82) is 5.26 Å². The molecule has 1 aromatic carbocycles. The van der Waals surface area contributed by atoms with Crippen LogP contribution < -0.4 is 10.2 Å². The zero-order valence-electron chi connectivity index (χ0n) is 14.6. The van der Waals surface area contributed by atoms with Gasteiger partial charge in [-0.1, -0.05) is 24.3 Å². The molecule has 1 fully saturated rings. The quantitative estimate of drug-likeness (QED) is 0.863. The summed E-state index contributed by atoms with van der Waals surface area (Å²) in [6.07, 6.45) is 3.93. The first-order valence-corrected chi connectivity index (χ1v) is 8.71. The summed E-state index contributed by atoms with van der Waals surface area (Å²) < 4.78 is 0. The molecule has 6 nitrogen and oxygen atoms in total. The molecule has 0 atom stereocenters. The van der Waals surface area contributed by atoms with Gasteiger partial charge in [0.15, 0.2) is 5.82 Å². The normalized spacial score (nSPS) is 15.1. The zero-order chi connectivity index (χ0) is 17.5. The van der Waals surface area contributed by atoms with Crippen LogP contribution in [0.15, 0.2) is 36.7 Å². The minimum absolute atomic E-state index is 0.433. The fourth-order valence-electron chi connectivity index (χ4n) is 3.09. The molecule has 1 aliphatic heterocycles. The van der Waals surface area contributed by atoms with Gasteiger partial charge >= 0.3 is 0 Å². The molecular weight excluding hydrogens is 312 g/mol. The lowest BCUT2D eigenvalue weighted by Gasteiger charge is -2.35. The molecule has 1 saturated heterocycles.